The number of benzene rings is 11. The molecule has 306 valence electrons. The molecule has 11 aromatic carbocycles. The zero-order valence-electron chi connectivity index (χ0n) is 35.6. The van der Waals surface area contributed by atoms with Gasteiger partial charge in [-0.25, -0.2) is 0 Å². The molecule has 0 saturated heterocycles. The molecule has 0 atom stereocenters. The Bertz CT molecular complexity index is 3640. The smallest absolute Gasteiger partial charge is 0.143 e. The average Bonchev–Trinajstić information content (AvgIpc) is 3.78. The second kappa shape index (κ2) is 16.2. The molecular formula is C62H42N2O. The quantitative estimate of drug-likeness (QED) is 0.144. The van der Waals surface area contributed by atoms with Crippen LogP contribution in [-0.4, -0.2) is 0 Å². The molecule has 0 fully saturated rings. The van der Waals surface area contributed by atoms with Gasteiger partial charge in [-0.2, -0.15) is 0 Å². The highest BCUT2D eigenvalue weighted by molar-refractivity contribution is 6.22. The monoisotopic (exact) mass is 830 g/mol. The van der Waals surface area contributed by atoms with Gasteiger partial charge in [-0.05, 0) is 122 Å². The highest BCUT2D eigenvalue weighted by Gasteiger charge is 2.28. The fourth-order valence-corrected chi connectivity index (χ4v) is 9.53. The van der Waals surface area contributed by atoms with Gasteiger partial charge in [-0.3, -0.25) is 0 Å². The Kier molecular flexibility index (Phi) is 9.50. The first-order valence-corrected chi connectivity index (χ1v) is 22.2. The van der Waals surface area contributed by atoms with Gasteiger partial charge in [-0.15, -0.1) is 0 Å². The number of fused-ring (bicyclic) bond motifs is 6. The molecule has 3 nitrogen and oxygen atoms in total. The normalized spacial score (nSPS) is 11.4. The molecule has 1 aromatic heterocycles. The highest BCUT2D eigenvalue weighted by Crippen LogP contribution is 2.53. The molecule has 65 heavy (non-hydrogen) atoms. The second-order valence-electron chi connectivity index (χ2n) is 16.5. The van der Waals surface area contributed by atoms with E-state index in [1.807, 2.05) is 0 Å². The van der Waals surface area contributed by atoms with Crippen LogP contribution in [0.2, 0.25) is 0 Å². The lowest BCUT2D eigenvalue weighted by atomic mass is 9.92. The van der Waals surface area contributed by atoms with Gasteiger partial charge in [-0.1, -0.05) is 182 Å². The van der Waals surface area contributed by atoms with E-state index in [0.29, 0.717) is 0 Å². The van der Waals surface area contributed by atoms with Crippen LogP contribution in [0.15, 0.2) is 259 Å². The van der Waals surface area contributed by atoms with Crippen LogP contribution in [0.1, 0.15) is 0 Å². The Morgan fingerprint density at radius 1 is 0.292 bits per heavy atom. The first kappa shape index (κ1) is 38.0. The second-order valence-corrected chi connectivity index (χ2v) is 16.5. The Hall–Kier alpha value is -8.66. The van der Waals surface area contributed by atoms with E-state index < -0.39 is 0 Å². The van der Waals surface area contributed by atoms with Gasteiger partial charge in [0.1, 0.15) is 11.2 Å². The van der Waals surface area contributed by atoms with Gasteiger partial charge in [0.15, 0.2) is 0 Å². The van der Waals surface area contributed by atoms with Crippen molar-refractivity contribution in [2.24, 2.45) is 0 Å². The van der Waals surface area contributed by atoms with Crippen LogP contribution < -0.4 is 9.80 Å². The van der Waals surface area contributed by atoms with Crippen molar-refractivity contribution >= 4 is 77.6 Å². The van der Waals surface area contributed by atoms with Crippen LogP contribution >= 0.6 is 0 Å². The molecule has 0 N–H and O–H groups in total. The van der Waals surface area contributed by atoms with E-state index in [-0.39, 0.29) is 0 Å². The SMILES string of the molecule is c1ccc(-c2ccc(N(c3ccccc3)c3c(N(c4ccccc4)c4ccc(-c5ccccc5)c(-c5ccc6ccccc6c5)c4)ccc4oc5c6ccccc6ccc5c34)cc2)cc1. The number of para-hydroxylation sites is 2. The highest BCUT2D eigenvalue weighted by atomic mass is 16.3. The minimum Gasteiger partial charge on any atom is -0.455 e. The predicted molar refractivity (Wildman–Crippen MR) is 274 cm³/mol. The summed E-state index contributed by atoms with van der Waals surface area (Å²) in [6.07, 6.45) is 0. The third kappa shape index (κ3) is 6.87. The summed E-state index contributed by atoms with van der Waals surface area (Å²) in [5.41, 5.74) is 14.8. The van der Waals surface area contributed by atoms with Crippen LogP contribution in [0.4, 0.5) is 34.1 Å². The molecule has 12 aromatic rings. The lowest BCUT2D eigenvalue weighted by molar-refractivity contribution is 0.672. The van der Waals surface area contributed by atoms with Crippen LogP contribution in [0.5, 0.6) is 0 Å². The number of anilines is 6. The summed E-state index contributed by atoms with van der Waals surface area (Å²) < 4.78 is 6.98. The zero-order chi connectivity index (χ0) is 43.1. The molecule has 0 aliphatic heterocycles. The molecule has 0 amide bonds. The van der Waals surface area contributed by atoms with E-state index >= 15 is 0 Å². The third-order valence-corrected chi connectivity index (χ3v) is 12.6. The fourth-order valence-electron chi connectivity index (χ4n) is 9.53. The maximum absolute atomic E-state index is 6.98. The van der Waals surface area contributed by atoms with Gasteiger partial charge in [0.05, 0.1) is 16.8 Å². The molecule has 12 rings (SSSR count). The molecular weight excluding hydrogens is 789 g/mol. The van der Waals surface area contributed by atoms with Gasteiger partial charge < -0.3 is 14.2 Å². The van der Waals surface area contributed by atoms with Gasteiger partial charge in [0.2, 0.25) is 0 Å². The minimum atomic E-state index is 0.821. The van der Waals surface area contributed by atoms with Gasteiger partial charge in [0, 0.05) is 33.5 Å². The maximum atomic E-state index is 6.98. The van der Waals surface area contributed by atoms with Crippen molar-refractivity contribution < 1.29 is 4.42 Å². The number of rotatable bonds is 9. The van der Waals surface area contributed by atoms with Crippen molar-refractivity contribution in [1.29, 1.82) is 0 Å². The number of hydrogen-bond acceptors (Lipinski definition) is 3. The zero-order valence-corrected chi connectivity index (χ0v) is 35.6. The van der Waals surface area contributed by atoms with E-state index in [9.17, 15) is 0 Å². The minimum absolute atomic E-state index is 0.821. The molecule has 1 heterocycles. The lowest BCUT2D eigenvalue weighted by Gasteiger charge is -2.34. The summed E-state index contributed by atoms with van der Waals surface area (Å²) in [4.78, 5) is 4.83. The summed E-state index contributed by atoms with van der Waals surface area (Å²) in [7, 11) is 0. The van der Waals surface area contributed by atoms with Crippen LogP contribution in [0, 0.1) is 0 Å². The summed E-state index contributed by atoms with van der Waals surface area (Å²) in [5, 5.41) is 6.75. The molecule has 3 heteroatoms. The molecule has 0 aliphatic carbocycles. The summed E-state index contributed by atoms with van der Waals surface area (Å²) in [6, 6.07) is 91.4. The molecule has 0 radical (unpaired) electrons. The summed E-state index contributed by atoms with van der Waals surface area (Å²) in [5.74, 6) is 0. The first-order chi connectivity index (χ1) is 32.2. The average molecular weight is 831 g/mol. The van der Waals surface area contributed by atoms with E-state index in [0.717, 1.165) is 83.5 Å². The number of nitrogens with zero attached hydrogens (tertiary/aromatic N) is 2. The van der Waals surface area contributed by atoms with Gasteiger partial charge >= 0.3 is 0 Å². The Balaban J connectivity index is 1.16. The maximum Gasteiger partial charge on any atom is 0.143 e. The molecule has 0 spiro atoms. The Labute approximate surface area is 378 Å². The molecule has 0 aliphatic rings. The van der Waals surface area contributed by atoms with E-state index in [4.69, 9.17) is 4.42 Å². The van der Waals surface area contributed by atoms with E-state index in [1.54, 1.807) is 0 Å². The van der Waals surface area contributed by atoms with Crippen molar-refractivity contribution in [3.63, 3.8) is 0 Å². The Morgan fingerprint density at radius 3 is 1.55 bits per heavy atom. The summed E-state index contributed by atoms with van der Waals surface area (Å²) >= 11 is 0. The molecule has 0 bridgehead atoms. The predicted octanol–water partition coefficient (Wildman–Crippen LogP) is 17.8. The summed E-state index contributed by atoms with van der Waals surface area (Å²) in [6.45, 7) is 0. The first-order valence-electron chi connectivity index (χ1n) is 22.2. The topological polar surface area (TPSA) is 19.6 Å². The largest absolute Gasteiger partial charge is 0.455 e. The van der Waals surface area contributed by atoms with Crippen LogP contribution in [0.3, 0.4) is 0 Å². The third-order valence-electron chi connectivity index (χ3n) is 12.6. The molecule has 0 unspecified atom stereocenters. The van der Waals surface area contributed by atoms with E-state index in [1.165, 1.54) is 27.5 Å². The van der Waals surface area contributed by atoms with Crippen molar-refractivity contribution in [1.82, 2.24) is 0 Å². The van der Waals surface area contributed by atoms with Crippen molar-refractivity contribution in [2.45, 2.75) is 0 Å². The lowest BCUT2D eigenvalue weighted by Crippen LogP contribution is -2.17. The molecule has 0 saturated carbocycles. The van der Waals surface area contributed by atoms with E-state index in [2.05, 4.69) is 265 Å². The number of hydrogen-bond donors (Lipinski definition) is 0. The van der Waals surface area contributed by atoms with Crippen molar-refractivity contribution in [2.75, 3.05) is 9.80 Å². The van der Waals surface area contributed by atoms with Crippen molar-refractivity contribution in [3.8, 4) is 33.4 Å². The number of furan rings is 1. The van der Waals surface area contributed by atoms with Crippen molar-refractivity contribution in [3.05, 3.63) is 255 Å². The fraction of sp³-hybridized carbons (Fsp3) is 0. The standard InChI is InChI=1S/C62H42N2O/c1-5-17-43(18-6-1)45-31-34-52(35-32-45)64(51-26-11-4-12-27-51)61-58(39-40-59-60(61)56-37-33-47-22-15-16-28-55(47)62(56)65-59)63(50-24-9-3-10-25-50)53-36-38-54(46-20-7-2-8-21-46)57(42-53)49-30-29-44-19-13-14-23-48(44)41-49/h1-42H. The van der Waals surface area contributed by atoms with Gasteiger partial charge in [0.25, 0.3) is 0 Å². The Morgan fingerprint density at radius 2 is 0.831 bits per heavy atom. The van der Waals surface area contributed by atoms with Crippen LogP contribution in [-0.2, 0) is 0 Å². The van der Waals surface area contributed by atoms with Crippen LogP contribution in [0.25, 0.3) is 76.9 Å².